The fourth-order valence-corrected chi connectivity index (χ4v) is 8.12. The molecule has 4 nitrogen and oxygen atoms in total. The summed E-state index contributed by atoms with van der Waals surface area (Å²) in [6, 6.07) is 74.1. The fourth-order valence-electron chi connectivity index (χ4n) is 8.12. The largest absolute Gasteiger partial charge is 0.455 e. The fraction of sp³-hybridized carbons (Fsp3) is 0. The van der Waals surface area contributed by atoms with E-state index in [0.29, 0.717) is 17.5 Å². The van der Waals surface area contributed by atoms with Crippen molar-refractivity contribution in [2.75, 3.05) is 0 Å². The number of fused-ring (bicyclic) bond motifs is 5. The molecule has 9 aromatic carbocycles. The van der Waals surface area contributed by atoms with Gasteiger partial charge >= 0.3 is 0 Å². The van der Waals surface area contributed by atoms with Crippen LogP contribution in [0.2, 0.25) is 0 Å². The van der Waals surface area contributed by atoms with Gasteiger partial charge in [-0.1, -0.05) is 188 Å². The van der Waals surface area contributed by atoms with Gasteiger partial charge in [0.2, 0.25) is 0 Å². The number of aromatic nitrogens is 3. The standard InChI is InChI=1S/C55H35N3O/c1-4-13-36(14-5-1)39-23-27-41(28-24-39)53-56-54(42-29-25-40(26-30-42)37-15-6-2-7-16-37)58-55(57-53)45-31-32-47-50-35-49(44-20-12-19-43(33-44)38-17-8-3-9-18-38)46-21-10-11-22-48(46)52(50)59-51(47)34-45/h1-35H. The van der Waals surface area contributed by atoms with Crippen LogP contribution in [0.5, 0.6) is 0 Å². The van der Waals surface area contributed by atoms with Gasteiger partial charge in [0.05, 0.1) is 0 Å². The predicted molar refractivity (Wildman–Crippen MR) is 243 cm³/mol. The second-order valence-electron chi connectivity index (χ2n) is 14.8. The Bertz CT molecular complexity index is 3180. The molecule has 0 atom stereocenters. The van der Waals surface area contributed by atoms with Crippen molar-refractivity contribution in [2.45, 2.75) is 0 Å². The Hall–Kier alpha value is -7.95. The number of nitrogens with zero attached hydrogens (tertiary/aromatic N) is 3. The maximum Gasteiger partial charge on any atom is 0.164 e. The molecule has 0 unspecified atom stereocenters. The first kappa shape index (κ1) is 34.3. The van der Waals surface area contributed by atoms with E-state index in [0.717, 1.165) is 77.2 Å². The van der Waals surface area contributed by atoms with Crippen LogP contribution in [0.3, 0.4) is 0 Å². The summed E-state index contributed by atoms with van der Waals surface area (Å²) in [4.78, 5) is 15.3. The van der Waals surface area contributed by atoms with E-state index < -0.39 is 0 Å². The Morgan fingerprint density at radius 2 is 0.678 bits per heavy atom. The summed E-state index contributed by atoms with van der Waals surface area (Å²) in [5.41, 5.74) is 13.6. The summed E-state index contributed by atoms with van der Waals surface area (Å²) in [7, 11) is 0. The molecule has 0 radical (unpaired) electrons. The summed E-state index contributed by atoms with van der Waals surface area (Å²) < 4.78 is 6.78. The van der Waals surface area contributed by atoms with Crippen molar-refractivity contribution < 1.29 is 4.42 Å². The molecule has 276 valence electrons. The zero-order valence-electron chi connectivity index (χ0n) is 32.0. The van der Waals surface area contributed by atoms with Gasteiger partial charge in [0.15, 0.2) is 17.5 Å². The van der Waals surface area contributed by atoms with E-state index in [1.54, 1.807) is 0 Å². The molecule has 0 amide bonds. The van der Waals surface area contributed by atoms with Crippen LogP contribution >= 0.6 is 0 Å². The molecule has 0 N–H and O–H groups in total. The molecule has 11 aromatic rings. The van der Waals surface area contributed by atoms with E-state index in [1.807, 2.05) is 12.1 Å². The highest BCUT2D eigenvalue weighted by atomic mass is 16.3. The van der Waals surface area contributed by atoms with Gasteiger partial charge in [0.25, 0.3) is 0 Å². The molecule has 2 heterocycles. The first-order valence-corrected chi connectivity index (χ1v) is 19.8. The lowest BCUT2D eigenvalue weighted by Crippen LogP contribution is -2.00. The average Bonchev–Trinajstić information content (AvgIpc) is 3.70. The molecule has 0 bridgehead atoms. The number of hydrogen-bond donors (Lipinski definition) is 0. The lowest BCUT2D eigenvalue weighted by molar-refractivity contribution is 0.673. The second-order valence-corrected chi connectivity index (χ2v) is 14.8. The minimum Gasteiger partial charge on any atom is -0.455 e. The normalized spacial score (nSPS) is 11.4. The highest BCUT2D eigenvalue weighted by Crippen LogP contribution is 2.41. The Labute approximate surface area is 341 Å². The lowest BCUT2D eigenvalue weighted by atomic mass is 9.93. The summed E-state index contributed by atoms with van der Waals surface area (Å²) in [5.74, 6) is 1.79. The SMILES string of the molecule is c1ccc(-c2ccc(-c3nc(-c4ccc(-c5ccccc5)cc4)nc(-c4ccc5c(c4)oc4c6ccccc6c(-c6cccc(-c7ccccc7)c6)cc54)n3)cc2)cc1. The monoisotopic (exact) mass is 753 g/mol. The quantitative estimate of drug-likeness (QED) is 0.163. The van der Waals surface area contributed by atoms with E-state index in [1.165, 1.54) is 16.7 Å². The van der Waals surface area contributed by atoms with Crippen LogP contribution in [0.4, 0.5) is 0 Å². The summed E-state index contributed by atoms with van der Waals surface area (Å²) in [6.07, 6.45) is 0. The second kappa shape index (κ2) is 14.5. The van der Waals surface area contributed by atoms with Crippen LogP contribution < -0.4 is 0 Å². The van der Waals surface area contributed by atoms with Crippen molar-refractivity contribution in [1.29, 1.82) is 0 Å². The van der Waals surface area contributed by atoms with E-state index >= 15 is 0 Å². The van der Waals surface area contributed by atoms with Crippen LogP contribution in [0, 0.1) is 0 Å². The van der Waals surface area contributed by atoms with Crippen LogP contribution in [0.1, 0.15) is 0 Å². The van der Waals surface area contributed by atoms with Crippen molar-refractivity contribution >= 4 is 32.7 Å². The van der Waals surface area contributed by atoms with Gasteiger partial charge in [-0.3, -0.25) is 0 Å². The average molecular weight is 754 g/mol. The van der Waals surface area contributed by atoms with Crippen molar-refractivity contribution in [3.63, 3.8) is 0 Å². The Morgan fingerprint density at radius 3 is 1.25 bits per heavy atom. The minimum absolute atomic E-state index is 0.579. The molecular weight excluding hydrogens is 719 g/mol. The van der Waals surface area contributed by atoms with Gasteiger partial charge in [-0.25, -0.2) is 15.0 Å². The number of benzene rings is 9. The minimum atomic E-state index is 0.579. The molecule has 0 saturated heterocycles. The maximum atomic E-state index is 6.78. The Morgan fingerprint density at radius 1 is 0.254 bits per heavy atom. The Kier molecular flexibility index (Phi) is 8.45. The molecular formula is C55H35N3O. The summed E-state index contributed by atoms with van der Waals surface area (Å²) in [6.45, 7) is 0. The van der Waals surface area contributed by atoms with Crippen LogP contribution in [0.15, 0.2) is 217 Å². The number of furan rings is 1. The van der Waals surface area contributed by atoms with Gasteiger partial charge in [-0.2, -0.15) is 0 Å². The van der Waals surface area contributed by atoms with Gasteiger partial charge in [0.1, 0.15) is 11.2 Å². The molecule has 11 rings (SSSR count). The van der Waals surface area contributed by atoms with Crippen LogP contribution in [0.25, 0.3) is 111 Å². The first-order valence-electron chi connectivity index (χ1n) is 19.8. The van der Waals surface area contributed by atoms with Crippen molar-refractivity contribution in [3.05, 3.63) is 212 Å². The van der Waals surface area contributed by atoms with E-state index in [-0.39, 0.29) is 0 Å². The van der Waals surface area contributed by atoms with Crippen molar-refractivity contribution in [3.8, 4) is 78.7 Å². The lowest BCUT2D eigenvalue weighted by Gasteiger charge is -2.10. The zero-order valence-corrected chi connectivity index (χ0v) is 32.0. The summed E-state index contributed by atoms with van der Waals surface area (Å²) in [5, 5.41) is 4.33. The molecule has 59 heavy (non-hydrogen) atoms. The molecule has 0 aliphatic heterocycles. The Balaban J connectivity index is 1.03. The van der Waals surface area contributed by atoms with Crippen molar-refractivity contribution in [1.82, 2.24) is 15.0 Å². The predicted octanol–water partition coefficient (Wildman–Crippen LogP) is 14.6. The molecule has 0 aliphatic rings. The molecule has 0 fully saturated rings. The third-order valence-electron chi connectivity index (χ3n) is 11.2. The smallest absolute Gasteiger partial charge is 0.164 e. The maximum absolute atomic E-state index is 6.78. The summed E-state index contributed by atoms with van der Waals surface area (Å²) >= 11 is 0. The molecule has 0 spiro atoms. The van der Waals surface area contributed by atoms with Gasteiger partial charge in [-0.05, 0) is 74.2 Å². The number of rotatable bonds is 7. The highest BCUT2D eigenvalue weighted by Gasteiger charge is 2.18. The van der Waals surface area contributed by atoms with E-state index in [4.69, 9.17) is 19.4 Å². The zero-order chi connectivity index (χ0) is 39.1. The molecule has 0 saturated carbocycles. The van der Waals surface area contributed by atoms with Gasteiger partial charge in [0, 0.05) is 32.8 Å². The topological polar surface area (TPSA) is 51.8 Å². The van der Waals surface area contributed by atoms with E-state index in [9.17, 15) is 0 Å². The van der Waals surface area contributed by atoms with Gasteiger partial charge in [-0.15, -0.1) is 0 Å². The van der Waals surface area contributed by atoms with Crippen molar-refractivity contribution in [2.24, 2.45) is 0 Å². The molecule has 4 heteroatoms. The van der Waals surface area contributed by atoms with Crippen LogP contribution in [-0.4, -0.2) is 15.0 Å². The molecule has 2 aromatic heterocycles. The van der Waals surface area contributed by atoms with E-state index in [2.05, 4.69) is 200 Å². The third kappa shape index (κ3) is 6.43. The third-order valence-corrected chi connectivity index (χ3v) is 11.2. The van der Waals surface area contributed by atoms with Crippen LogP contribution in [-0.2, 0) is 0 Å². The molecule has 0 aliphatic carbocycles. The first-order chi connectivity index (χ1) is 29.2. The highest BCUT2D eigenvalue weighted by molar-refractivity contribution is 6.19. The van der Waals surface area contributed by atoms with Gasteiger partial charge < -0.3 is 4.42 Å². The number of hydrogen-bond acceptors (Lipinski definition) is 4.